The van der Waals surface area contributed by atoms with Crippen LogP contribution >= 0.6 is 0 Å². The number of rotatable bonds is 14. The van der Waals surface area contributed by atoms with Gasteiger partial charge in [-0.3, -0.25) is 5.32 Å². The number of ether oxygens (including phenoxy) is 5. The fraction of sp³-hybridized carbons (Fsp3) is 0.625. The Morgan fingerprint density at radius 3 is 2.52 bits per heavy atom. The molecule has 3 heterocycles. The standard InChI is InChI=1S/C32H46N2O14/c1-3-22-29(48-30-26(45-18-33-2)32(42,43)25(37)24(16-36)47-30)44-17-23(28(40)46-21-7-5-4-6-8-21)31(22,41)10-9-19-13-20(27(38)39)15-34(14-19)11-12-35/h3,9-10,13,15,17,21-22,24-26,29-30,33,35-37,41-43H,1,4-8,11-12,14,16,18H2,2H3,(H,38,39). The summed E-state index contributed by atoms with van der Waals surface area (Å²) in [6.45, 7) is 2.83. The van der Waals surface area contributed by atoms with Gasteiger partial charge in [-0.2, -0.15) is 0 Å². The second-order valence-electron chi connectivity index (χ2n) is 12.1. The maximum absolute atomic E-state index is 13.6. The fourth-order valence-electron chi connectivity index (χ4n) is 6.12. The molecule has 2 fully saturated rings. The third-order valence-corrected chi connectivity index (χ3v) is 8.70. The first-order chi connectivity index (χ1) is 22.9. The fourth-order valence-corrected chi connectivity index (χ4v) is 6.12. The van der Waals surface area contributed by atoms with Crippen molar-refractivity contribution in [1.29, 1.82) is 0 Å². The number of hydrogen-bond donors (Lipinski definition) is 8. The summed E-state index contributed by atoms with van der Waals surface area (Å²) in [5, 5.41) is 75.9. The zero-order valence-corrected chi connectivity index (χ0v) is 26.7. The van der Waals surface area contributed by atoms with Crippen LogP contribution in [0.2, 0.25) is 0 Å². The maximum Gasteiger partial charge on any atom is 0.340 e. The maximum atomic E-state index is 13.6. The Bertz CT molecular complexity index is 1280. The van der Waals surface area contributed by atoms with Gasteiger partial charge in [0.15, 0.2) is 12.4 Å². The second kappa shape index (κ2) is 16.5. The first-order valence-electron chi connectivity index (χ1n) is 15.8. The van der Waals surface area contributed by atoms with Crippen LogP contribution in [0.3, 0.4) is 0 Å². The number of aliphatic hydroxyl groups excluding tert-OH is 3. The summed E-state index contributed by atoms with van der Waals surface area (Å²) in [5.74, 6) is -6.34. The third-order valence-electron chi connectivity index (χ3n) is 8.70. The molecule has 1 saturated carbocycles. The minimum Gasteiger partial charge on any atom is -0.478 e. The quantitative estimate of drug-likeness (QED) is 0.0606. The van der Waals surface area contributed by atoms with Gasteiger partial charge in [-0.15, -0.1) is 6.58 Å². The summed E-state index contributed by atoms with van der Waals surface area (Å²) in [6.07, 6.45) is 2.88. The zero-order valence-electron chi connectivity index (χ0n) is 26.7. The Hall–Kier alpha value is -3.16. The Balaban J connectivity index is 1.70. The molecule has 4 rings (SSSR count). The number of nitrogens with zero attached hydrogens (tertiary/aromatic N) is 1. The van der Waals surface area contributed by atoms with Gasteiger partial charge in [-0.25, -0.2) is 9.59 Å². The van der Waals surface area contributed by atoms with E-state index in [0.29, 0.717) is 18.4 Å². The summed E-state index contributed by atoms with van der Waals surface area (Å²) in [6, 6.07) is 0. The SMILES string of the molecule is C=CC1C(OC2OC(CO)C(O)C(O)(O)C2OCNC)OC=C(C(=O)OC2CCCCC2)C1(O)C=CC1=CC(C(=O)O)=CN(CCO)C1. The van der Waals surface area contributed by atoms with Crippen molar-refractivity contribution in [1.82, 2.24) is 10.2 Å². The Morgan fingerprint density at radius 1 is 1.17 bits per heavy atom. The highest BCUT2D eigenvalue weighted by Crippen LogP contribution is 2.41. The molecule has 1 saturated heterocycles. The normalized spacial score (nSPS) is 32.6. The van der Waals surface area contributed by atoms with Crippen molar-refractivity contribution < 1.29 is 69.0 Å². The summed E-state index contributed by atoms with van der Waals surface area (Å²) < 4.78 is 28.6. The van der Waals surface area contributed by atoms with E-state index in [1.54, 1.807) is 4.90 Å². The molecule has 7 atom stereocenters. The molecule has 7 unspecified atom stereocenters. The molecule has 16 nitrogen and oxygen atoms in total. The lowest BCUT2D eigenvalue weighted by Gasteiger charge is -2.48. The van der Waals surface area contributed by atoms with Gasteiger partial charge in [0.2, 0.25) is 12.1 Å². The minimum absolute atomic E-state index is 0.0681. The molecule has 0 spiro atoms. The molecular formula is C32H46N2O14. The lowest BCUT2D eigenvalue weighted by molar-refractivity contribution is -0.412. The average molecular weight is 683 g/mol. The Morgan fingerprint density at radius 2 is 1.90 bits per heavy atom. The molecule has 8 N–H and O–H groups in total. The molecule has 48 heavy (non-hydrogen) atoms. The Labute approximate surface area is 277 Å². The van der Waals surface area contributed by atoms with Crippen LogP contribution < -0.4 is 5.32 Å². The van der Waals surface area contributed by atoms with E-state index in [2.05, 4.69) is 11.9 Å². The topological polar surface area (TPSA) is 237 Å². The largest absolute Gasteiger partial charge is 0.478 e. The number of aliphatic carboxylic acids is 1. The van der Waals surface area contributed by atoms with E-state index in [4.69, 9.17) is 23.7 Å². The van der Waals surface area contributed by atoms with Crippen LogP contribution in [0.5, 0.6) is 0 Å². The van der Waals surface area contributed by atoms with Gasteiger partial charge < -0.3 is 64.3 Å². The number of carbonyl (C=O) groups excluding carboxylic acids is 1. The number of carboxylic acids is 1. The molecule has 0 aromatic heterocycles. The number of hydrogen-bond acceptors (Lipinski definition) is 15. The average Bonchev–Trinajstić information content (AvgIpc) is 3.06. The van der Waals surface area contributed by atoms with E-state index in [1.807, 2.05) is 0 Å². The van der Waals surface area contributed by atoms with Gasteiger partial charge >= 0.3 is 11.9 Å². The molecule has 0 amide bonds. The van der Waals surface area contributed by atoms with E-state index >= 15 is 0 Å². The van der Waals surface area contributed by atoms with Gasteiger partial charge in [0.1, 0.15) is 35.7 Å². The zero-order chi connectivity index (χ0) is 35.1. The van der Waals surface area contributed by atoms with Gasteiger partial charge in [0, 0.05) is 19.3 Å². The van der Waals surface area contributed by atoms with Gasteiger partial charge in [-0.1, -0.05) is 18.6 Å². The Kier molecular flexibility index (Phi) is 12.9. The van der Waals surface area contributed by atoms with Crippen molar-refractivity contribution >= 4 is 11.9 Å². The van der Waals surface area contributed by atoms with Crippen molar-refractivity contribution in [3.8, 4) is 0 Å². The third kappa shape index (κ3) is 8.34. The van der Waals surface area contributed by atoms with Crippen LogP contribution in [-0.2, 0) is 33.3 Å². The number of carboxylic acid groups (broad SMARTS) is 1. The van der Waals surface area contributed by atoms with Crippen LogP contribution in [-0.4, -0.2) is 141 Å². The number of carbonyl (C=O) groups is 2. The van der Waals surface area contributed by atoms with E-state index in [1.165, 1.54) is 37.6 Å². The van der Waals surface area contributed by atoms with Crippen molar-refractivity contribution in [2.75, 3.05) is 40.1 Å². The number of esters is 1. The molecule has 3 aliphatic heterocycles. The van der Waals surface area contributed by atoms with E-state index in [9.17, 15) is 45.3 Å². The van der Waals surface area contributed by atoms with Crippen molar-refractivity contribution in [3.63, 3.8) is 0 Å². The predicted molar refractivity (Wildman–Crippen MR) is 165 cm³/mol. The smallest absolute Gasteiger partial charge is 0.340 e. The molecule has 0 bridgehead atoms. The second-order valence-corrected chi connectivity index (χ2v) is 12.1. The first-order valence-corrected chi connectivity index (χ1v) is 15.8. The summed E-state index contributed by atoms with van der Waals surface area (Å²) >= 11 is 0. The van der Waals surface area contributed by atoms with E-state index in [-0.39, 0.29) is 43.7 Å². The highest BCUT2D eigenvalue weighted by Gasteiger charge is 2.58. The monoisotopic (exact) mass is 682 g/mol. The van der Waals surface area contributed by atoms with Crippen LogP contribution in [0.4, 0.5) is 0 Å². The number of aliphatic hydroxyl groups is 6. The summed E-state index contributed by atoms with van der Waals surface area (Å²) in [7, 11) is 1.52. The highest BCUT2D eigenvalue weighted by molar-refractivity contribution is 5.92. The van der Waals surface area contributed by atoms with Crippen molar-refractivity contribution in [3.05, 3.63) is 60.1 Å². The van der Waals surface area contributed by atoms with Gasteiger partial charge in [0.25, 0.3) is 0 Å². The predicted octanol–water partition coefficient (Wildman–Crippen LogP) is -1.27. The van der Waals surface area contributed by atoms with Crippen LogP contribution in [0.25, 0.3) is 0 Å². The number of nitrogens with one attached hydrogen (secondary N) is 1. The minimum atomic E-state index is -2.96. The van der Waals surface area contributed by atoms with E-state index < -0.39 is 66.7 Å². The lowest BCUT2D eigenvalue weighted by Crippen LogP contribution is -2.69. The molecule has 268 valence electrons. The van der Waals surface area contributed by atoms with Crippen molar-refractivity contribution in [2.24, 2.45) is 5.92 Å². The van der Waals surface area contributed by atoms with Crippen LogP contribution in [0, 0.1) is 5.92 Å². The van der Waals surface area contributed by atoms with Crippen LogP contribution in [0.1, 0.15) is 32.1 Å². The van der Waals surface area contributed by atoms with E-state index in [0.717, 1.165) is 25.5 Å². The molecular weight excluding hydrogens is 636 g/mol. The van der Waals surface area contributed by atoms with Crippen LogP contribution in [0.15, 0.2) is 60.1 Å². The summed E-state index contributed by atoms with van der Waals surface area (Å²) in [4.78, 5) is 27.0. The first kappa shape index (κ1) is 37.7. The number of β-amino-alcohol motifs (C(OH)–C–C–N with tert-alkyl or cyclic N) is 1. The molecule has 16 heteroatoms. The lowest BCUT2D eigenvalue weighted by atomic mass is 9.78. The highest BCUT2D eigenvalue weighted by atomic mass is 16.8. The molecule has 0 radical (unpaired) electrons. The molecule has 4 aliphatic rings. The van der Waals surface area contributed by atoms with Gasteiger partial charge in [0.05, 0.1) is 31.4 Å². The molecule has 1 aliphatic carbocycles. The van der Waals surface area contributed by atoms with Crippen molar-refractivity contribution in [2.45, 2.75) is 80.5 Å². The molecule has 0 aromatic rings. The van der Waals surface area contributed by atoms with Gasteiger partial charge in [-0.05, 0) is 50.5 Å². The molecule has 0 aromatic carbocycles. The summed E-state index contributed by atoms with van der Waals surface area (Å²) in [5.41, 5.74) is -2.20.